The monoisotopic (exact) mass is 275 g/mol. The van der Waals surface area contributed by atoms with Gasteiger partial charge in [0.2, 0.25) is 5.91 Å². The van der Waals surface area contributed by atoms with Gasteiger partial charge >= 0.3 is 18.0 Å². The van der Waals surface area contributed by atoms with E-state index in [-0.39, 0.29) is 6.54 Å². The van der Waals surface area contributed by atoms with Crippen LogP contribution in [0.4, 0.5) is 4.79 Å². The van der Waals surface area contributed by atoms with Crippen LogP contribution in [0.3, 0.4) is 0 Å². The molecule has 0 aliphatic carbocycles. The number of hydrogen-bond acceptors (Lipinski definition) is 4. The molecule has 0 aromatic rings. The molecule has 0 heterocycles. The lowest BCUT2D eigenvalue weighted by Gasteiger charge is -2.13. The molecule has 9 heteroatoms. The average Bonchev–Trinajstić information content (AvgIpc) is 2.32. The summed E-state index contributed by atoms with van der Waals surface area (Å²) in [6.45, 7) is 2.02. The number of aliphatic carboxylic acids is 2. The van der Waals surface area contributed by atoms with Gasteiger partial charge in [-0.1, -0.05) is 6.92 Å². The minimum atomic E-state index is -1.55. The molecule has 0 bridgehead atoms. The molecule has 9 nitrogen and oxygen atoms in total. The van der Waals surface area contributed by atoms with Crippen molar-refractivity contribution in [2.24, 2.45) is 0 Å². The summed E-state index contributed by atoms with van der Waals surface area (Å²) in [5, 5.41) is 23.7. The molecule has 0 aliphatic rings. The third-order valence-electron chi connectivity index (χ3n) is 1.96. The third kappa shape index (κ3) is 8.41. The number of rotatable bonds is 8. The van der Waals surface area contributed by atoms with E-state index in [0.717, 1.165) is 6.42 Å². The predicted octanol–water partition coefficient (Wildman–Crippen LogP) is -1.26. The van der Waals surface area contributed by atoms with Crippen LogP contribution in [0, 0.1) is 0 Å². The molecule has 19 heavy (non-hydrogen) atoms. The van der Waals surface area contributed by atoms with Crippen LogP contribution < -0.4 is 16.0 Å². The summed E-state index contributed by atoms with van der Waals surface area (Å²) in [7, 11) is 0. The molecule has 0 aliphatic heterocycles. The van der Waals surface area contributed by atoms with Crippen molar-refractivity contribution in [3.05, 3.63) is 0 Å². The first-order chi connectivity index (χ1) is 8.86. The lowest BCUT2D eigenvalue weighted by Crippen LogP contribution is -2.49. The topological polar surface area (TPSA) is 145 Å². The SMILES string of the molecule is CCCNC(=O)CNC(=O)N[C@H](CC(=O)O)C(=O)O. The zero-order valence-electron chi connectivity index (χ0n) is 10.4. The van der Waals surface area contributed by atoms with Gasteiger partial charge in [-0.25, -0.2) is 9.59 Å². The fourth-order valence-corrected chi connectivity index (χ4v) is 1.07. The number of carboxylic acids is 2. The van der Waals surface area contributed by atoms with Crippen molar-refractivity contribution in [3.63, 3.8) is 0 Å². The Morgan fingerprint density at radius 1 is 1.11 bits per heavy atom. The van der Waals surface area contributed by atoms with Gasteiger partial charge < -0.3 is 26.2 Å². The van der Waals surface area contributed by atoms with Crippen molar-refractivity contribution in [2.45, 2.75) is 25.8 Å². The van der Waals surface area contributed by atoms with E-state index in [4.69, 9.17) is 10.2 Å². The maximum absolute atomic E-state index is 11.3. The quantitative estimate of drug-likeness (QED) is 0.374. The maximum atomic E-state index is 11.3. The van der Waals surface area contributed by atoms with Crippen LogP contribution in [-0.2, 0) is 14.4 Å². The Morgan fingerprint density at radius 2 is 1.74 bits per heavy atom. The number of carbonyl (C=O) groups excluding carboxylic acids is 2. The van der Waals surface area contributed by atoms with Gasteiger partial charge in [0, 0.05) is 6.54 Å². The van der Waals surface area contributed by atoms with Crippen LogP contribution in [0.2, 0.25) is 0 Å². The summed E-state index contributed by atoms with van der Waals surface area (Å²) in [6, 6.07) is -2.46. The van der Waals surface area contributed by atoms with Crippen LogP contribution in [0.1, 0.15) is 19.8 Å². The predicted molar refractivity (Wildman–Crippen MR) is 63.5 cm³/mol. The highest BCUT2D eigenvalue weighted by Gasteiger charge is 2.22. The minimum absolute atomic E-state index is 0.314. The Kier molecular flexibility index (Phi) is 7.66. The summed E-state index contributed by atoms with van der Waals surface area (Å²) in [5.41, 5.74) is 0. The summed E-state index contributed by atoms with van der Waals surface area (Å²) in [6.07, 6.45) is 0.00240. The van der Waals surface area contributed by atoms with Crippen molar-refractivity contribution in [1.82, 2.24) is 16.0 Å². The van der Waals surface area contributed by atoms with Crippen molar-refractivity contribution < 1.29 is 29.4 Å². The van der Waals surface area contributed by atoms with Crippen LogP contribution in [0.25, 0.3) is 0 Å². The fourth-order valence-electron chi connectivity index (χ4n) is 1.07. The first-order valence-corrected chi connectivity index (χ1v) is 5.62. The summed E-state index contributed by atoms with van der Waals surface area (Å²) >= 11 is 0. The number of carbonyl (C=O) groups is 4. The van der Waals surface area contributed by atoms with E-state index in [2.05, 4.69) is 10.6 Å². The van der Waals surface area contributed by atoms with Gasteiger partial charge in [-0.3, -0.25) is 9.59 Å². The smallest absolute Gasteiger partial charge is 0.326 e. The van der Waals surface area contributed by atoms with Gasteiger partial charge in [-0.15, -0.1) is 0 Å². The molecule has 0 rings (SSSR count). The highest BCUT2D eigenvalue weighted by Crippen LogP contribution is 1.92. The van der Waals surface area contributed by atoms with Gasteiger partial charge in [0.25, 0.3) is 0 Å². The maximum Gasteiger partial charge on any atom is 0.326 e. The molecule has 1 atom stereocenters. The molecular formula is C10H17N3O6. The molecule has 0 saturated carbocycles. The third-order valence-corrected chi connectivity index (χ3v) is 1.96. The normalized spacial score (nSPS) is 11.2. The number of nitrogens with one attached hydrogen (secondary N) is 3. The van der Waals surface area contributed by atoms with Crippen LogP contribution in [0.15, 0.2) is 0 Å². The minimum Gasteiger partial charge on any atom is -0.481 e. The van der Waals surface area contributed by atoms with Crippen LogP contribution in [0.5, 0.6) is 0 Å². The second-order valence-corrected chi connectivity index (χ2v) is 3.67. The summed E-state index contributed by atoms with van der Waals surface area (Å²) < 4.78 is 0. The van der Waals surface area contributed by atoms with E-state index in [1.165, 1.54) is 0 Å². The Bertz CT molecular complexity index is 357. The molecule has 5 N–H and O–H groups in total. The van der Waals surface area contributed by atoms with Gasteiger partial charge in [0.05, 0.1) is 13.0 Å². The van der Waals surface area contributed by atoms with Crippen molar-refractivity contribution in [2.75, 3.05) is 13.1 Å². The molecule has 0 radical (unpaired) electrons. The van der Waals surface area contributed by atoms with Gasteiger partial charge in [0.15, 0.2) is 0 Å². The first kappa shape index (κ1) is 16.7. The van der Waals surface area contributed by atoms with E-state index < -0.39 is 36.3 Å². The van der Waals surface area contributed by atoms with E-state index >= 15 is 0 Å². The van der Waals surface area contributed by atoms with Gasteiger partial charge in [-0.05, 0) is 6.42 Å². The highest BCUT2D eigenvalue weighted by molar-refractivity contribution is 5.88. The number of carboxylic acid groups (broad SMARTS) is 2. The van der Waals surface area contributed by atoms with Crippen LogP contribution in [-0.4, -0.2) is 53.2 Å². The van der Waals surface area contributed by atoms with Gasteiger partial charge in [-0.2, -0.15) is 0 Å². The molecular weight excluding hydrogens is 258 g/mol. The second-order valence-electron chi connectivity index (χ2n) is 3.67. The van der Waals surface area contributed by atoms with E-state index in [1.807, 2.05) is 12.2 Å². The van der Waals surface area contributed by atoms with Crippen molar-refractivity contribution in [3.8, 4) is 0 Å². The molecule has 0 aromatic heterocycles. The molecule has 0 fully saturated rings. The molecule has 0 saturated heterocycles. The zero-order valence-corrected chi connectivity index (χ0v) is 10.4. The first-order valence-electron chi connectivity index (χ1n) is 5.62. The average molecular weight is 275 g/mol. The van der Waals surface area contributed by atoms with Crippen molar-refractivity contribution >= 4 is 23.9 Å². The Hall–Kier alpha value is -2.32. The number of hydrogen-bond donors (Lipinski definition) is 5. The summed E-state index contributed by atoms with van der Waals surface area (Å²) in [5.74, 6) is -3.23. The van der Waals surface area contributed by atoms with Crippen LogP contribution >= 0.6 is 0 Å². The highest BCUT2D eigenvalue weighted by atomic mass is 16.4. The molecule has 108 valence electrons. The lowest BCUT2D eigenvalue weighted by molar-refractivity contribution is -0.145. The van der Waals surface area contributed by atoms with E-state index in [0.29, 0.717) is 6.54 Å². The molecule has 3 amide bonds. The lowest BCUT2D eigenvalue weighted by atomic mass is 10.2. The van der Waals surface area contributed by atoms with Crippen molar-refractivity contribution in [1.29, 1.82) is 0 Å². The molecule has 0 spiro atoms. The number of amides is 3. The number of urea groups is 1. The Balaban J connectivity index is 4.09. The zero-order chi connectivity index (χ0) is 14.8. The standard InChI is InChI=1S/C10H17N3O6/c1-2-3-11-7(14)5-12-10(19)13-6(9(17)18)4-8(15)16/h6H,2-5H2,1H3,(H,11,14)(H,15,16)(H,17,18)(H2,12,13,19)/t6-/m1/s1. The van der Waals surface area contributed by atoms with Gasteiger partial charge in [0.1, 0.15) is 6.04 Å². The molecule has 0 aromatic carbocycles. The summed E-state index contributed by atoms with van der Waals surface area (Å²) in [4.78, 5) is 43.4. The molecule has 0 unspecified atom stereocenters. The largest absolute Gasteiger partial charge is 0.481 e. The Labute approximate surface area is 109 Å². The van der Waals surface area contributed by atoms with E-state index in [9.17, 15) is 19.2 Å². The van der Waals surface area contributed by atoms with E-state index in [1.54, 1.807) is 0 Å². The fraction of sp³-hybridized carbons (Fsp3) is 0.600. The Morgan fingerprint density at radius 3 is 2.21 bits per heavy atom. The second kappa shape index (κ2) is 8.72.